The van der Waals surface area contributed by atoms with E-state index in [0.717, 1.165) is 43.1 Å². The lowest BCUT2D eigenvalue weighted by molar-refractivity contribution is 0.313. The van der Waals surface area contributed by atoms with Crippen molar-refractivity contribution in [3.63, 3.8) is 0 Å². The second kappa shape index (κ2) is 5.29. The summed E-state index contributed by atoms with van der Waals surface area (Å²) in [5.41, 5.74) is 3.36. The van der Waals surface area contributed by atoms with Crippen LogP contribution in [0.5, 0.6) is 5.75 Å². The molecule has 3 rings (SSSR count). The van der Waals surface area contributed by atoms with Crippen LogP contribution in [0.3, 0.4) is 0 Å². The van der Waals surface area contributed by atoms with Gasteiger partial charge in [-0.2, -0.15) is 0 Å². The highest BCUT2D eigenvalue weighted by molar-refractivity contribution is 5.92. The molecule has 0 N–H and O–H groups in total. The molecule has 1 aliphatic heterocycles. The number of ether oxygens (including phenoxy) is 1. The number of likely N-dealkylation sites (N-methyl/N-ethyl adjacent to an activating group) is 1. The van der Waals surface area contributed by atoms with E-state index < -0.39 is 0 Å². The normalized spacial score (nSPS) is 16.6. The van der Waals surface area contributed by atoms with Crippen molar-refractivity contribution in [2.24, 2.45) is 0 Å². The van der Waals surface area contributed by atoms with Gasteiger partial charge in [-0.25, -0.2) is 0 Å². The van der Waals surface area contributed by atoms with Crippen LogP contribution in [0, 0.1) is 6.92 Å². The van der Waals surface area contributed by atoms with Gasteiger partial charge in [-0.05, 0) is 32.2 Å². The molecule has 1 aromatic carbocycles. The van der Waals surface area contributed by atoms with E-state index in [9.17, 15) is 0 Å². The molecule has 2 heterocycles. The van der Waals surface area contributed by atoms with E-state index in [1.807, 2.05) is 12.1 Å². The van der Waals surface area contributed by atoms with E-state index in [4.69, 9.17) is 4.74 Å². The number of aryl methyl sites for hydroxylation is 1. The molecule has 0 unspecified atom stereocenters. The van der Waals surface area contributed by atoms with Gasteiger partial charge in [0.1, 0.15) is 5.75 Å². The first-order chi connectivity index (χ1) is 9.67. The zero-order chi connectivity index (χ0) is 14.1. The first kappa shape index (κ1) is 13.2. The van der Waals surface area contributed by atoms with Crippen molar-refractivity contribution in [1.82, 2.24) is 9.88 Å². The van der Waals surface area contributed by atoms with Crippen LogP contribution in [0.15, 0.2) is 24.3 Å². The van der Waals surface area contributed by atoms with Crippen LogP contribution in [-0.4, -0.2) is 50.2 Å². The molecular weight excluding hydrogens is 250 g/mol. The third-order valence-corrected chi connectivity index (χ3v) is 3.97. The standard InChI is InChI=1S/C16H21N3O/c1-12-10-16(19-8-6-18(2)7-9-19)14-5-4-13(20-3)11-15(14)17-12/h4-5,10-11H,6-9H2,1-3H3. The highest BCUT2D eigenvalue weighted by atomic mass is 16.5. The lowest BCUT2D eigenvalue weighted by Crippen LogP contribution is -2.44. The van der Waals surface area contributed by atoms with Gasteiger partial charge in [-0.15, -0.1) is 0 Å². The zero-order valence-corrected chi connectivity index (χ0v) is 12.4. The highest BCUT2D eigenvalue weighted by Gasteiger charge is 2.17. The second-order valence-corrected chi connectivity index (χ2v) is 5.46. The minimum atomic E-state index is 0.861. The predicted molar refractivity (Wildman–Crippen MR) is 82.7 cm³/mol. The van der Waals surface area contributed by atoms with Crippen molar-refractivity contribution in [2.45, 2.75) is 6.92 Å². The molecule has 4 heteroatoms. The summed E-state index contributed by atoms with van der Waals surface area (Å²) in [6.07, 6.45) is 0. The molecule has 0 bridgehead atoms. The summed E-state index contributed by atoms with van der Waals surface area (Å²) in [5.74, 6) is 0.861. The second-order valence-electron chi connectivity index (χ2n) is 5.46. The summed E-state index contributed by atoms with van der Waals surface area (Å²) < 4.78 is 5.30. The van der Waals surface area contributed by atoms with Gasteiger partial charge in [0, 0.05) is 49.0 Å². The molecule has 106 valence electrons. The van der Waals surface area contributed by atoms with Crippen LogP contribution in [0.4, 0.5) is 5.69 Å². The highest BCUT2D eigenvalue weighted by Crippen LogP contribution is 2.30. The number of nitrogens with zero attached hydrogens (tertiary/aromatic N) is 3. The van der Waals surface area contributed by atoms with Crippen LogP contribution in [-0.2, 0) is 0 Å². The maximum atomic E-state index is 5.30. The smallest absolute Gasteiger partial charge is 0.121 e. The average molecular weight is 271 g/mol. The Balaban J connectivity index is 2.05. The van der Waals surface area contributed by atoms with Crippen LogP contribution < -0.4 is 9.64 Å². The van der Waals surface area contributed by atoms with E-state index in [-0.39, 0.29) is 0 Å². The van der Waals surface area contributed by atoms with Crippen LogP contribution in [0.2, 0.25) is 0 Å². The molecule has 1 saturated heterocycles. The Kier molecular flexibility index (Phi) is 3.49. The van der Waals surface area contributed by atoms with Crippen LogP contribution in [0.25, 0.3) is 10.9 Å². The summed E-state index contributed by atoms with van der Waals surface area (Å²) in [4.78, 5) is 9.47. The number of anilines is 1. The van der Waals surface area contributed by atoms with Gasteiger partial charge in [0.25, 0.3) is 0 Å². The number of rotatable bonds is 2. The average Bonchev–Trinajstić information content (AvgIpc) is 2.46. The number of hydrogen-bond acceptors (Lipinski definition) is 4. The van der Waals surface area contributed by atoms with Crippen LogP contribution in [0.1, 0.15) is 5.69 Å². The molecule has 0 amide bonds. The minimum absolute atomic E-state index is 0.861. The number of pyridine rings is 1. The maximum absolute atomic E-state index is 5.30. The molecule has 1 aromatic heterocycles. The van der Waals surface area contributed by atoms with Crippen molar-refractivity contribution < 1.29 is 4.74 Å². The fraction of sp³-hybridized carbons (Fsp3) is 0.438. The maximum Gasteiger partial charge on any atom is 0.121 e. The quantitative estimate of drug-likeness (QED) is 0.838. The summed E-state index contributed by atoms with van der Waals surface area (Å²) in [6, 6.07) is 8.34. The van der Waals surface area contributed by atoms with Crippen molar-refractivity contribution in [2.75, 3.05) is 45.2 Å². The van der Waals surface area contributed by atoms with Gasteiger partial charge in [0.05, 0.1) is 12.6 Å². The molecule has 0 spiro atoms. The Morgan fingerprint density at radius 2 is 1.85 bits per heavy atom. The number of methoxy groups -OCH3 is 1. The minimum Gasteiger partial charge on any atom is -0.497 e. The first-order valence-corrected chi connectivity index (χ1v) is 7.06. The summed E-state index contributed by atoms with van der Waals surface area (Å²) in [7, 11) is 3.87. The molecule has 1 aliphatic rings. The molecule has 0 saturated carbocycles. The van der Waals surface area contributed by atoms with Crippen molar-refractivity contribution in [3.05, 3.63) is 30.0 Å². The summed E-state index contributed by atoms with van der Waals surface area (Å²) in [5, 5.41) is 1.21. The summed E-state index contributed by atoms with van der Waals surface area (Å²) >= 11 is 0. The Hall–Kier alpha value is -1.81. The van der Waals surface area contributed by atoms with Crippen molar-refractivity contribution in [1.29, 1.82) is 0 Å². The lowest BCUT2D eigenvalue weighted by Gasteiger charge is -2.34. The predicted octanol–water partition coefficient (Wildman–Crippen LogP) is 2.30. The number of hydrogen-bond donors (Lipinski definition) is 0. The van der Waals surface area contributed by atoms with E-state index in [1.165, 1.54) is 11.1 Å². The molecule has 4 nitrogen and oxygen atoms in total. The Labute approximate surface area is 120 Å². The van der Waals surface area contributed by atoms with E-state index in [0.29, 0.717) is 0 Å². The molecule has 0 aliphatic carbocycles. The van der Waals surface area contributed by atoms with E-state index in [2.05, 4.69) is 40.9 Å². The fourth-order valence-electron chi connectivity index (χ4n) is 2.75. The molecule has 0 atom stereocenters. The molecule has 20 heavy (non-hydrogen) atoms. The van der Waals surface area contributed by atoms with Crippen molar-refractivity contribution >= 4 is 16.6 Å². The third-order valence-electron chi connectivity index (χ3n) is 3.97. The first-order valence-electron chi connectivity index (χ1n) is 7.06. The molecule has 0 radical (unpaired) electrons. The molecule has 2 aromatic rings. The van der Waals surface area contributed by atoms with Crippen LogP contribution >= 0.6 is 0 Å². The molecule has 1 fully saturated rings. The lowest BCUT2D eigenvalue weighted by atomic mass is 10.1. The SMILES string of the molecule is COc1ccc2c(N3CCN(C)CC3)cc(C)nc2c1. The third kappa shape index (κ3) is 2.43. The fourth-order valence-corrected chi connectivity index (χ4v) is 2.75. The Morgan fingerprint density at radius 1 is 1.10 bits per heavy atom. The van der Waals surface area contributed by atoms with Gasteiger partial charge in [-0.3, -0.25) is 4.98 Å². The Bertz CT molecular complexity index is 618. The van der Waals surface area contributed by atoms with Gasteiger partial charge >= 0.3 is 0 Å². The number of benzene rings is 1. The van der Waals surface area contributed by atoms with E-state index in [1.54, 1.807) is 7.11 Å². The number of piperazine rings is 1. The van der Waals surface area contributed by atoms with Gasteiger partial charge in [-0.1, -0.05) is 0 Å². The number of fused-ring (bicyclic) bond motifs is 1. The van der Waals surface area contributed by atoms with Crippen molar-refractivity contribution in [3.8, 4) is 5.75 Å². The Morgan fingerprint density at radius 3 is 2.55 bits per heavy atom. The number of aromatic nitrogens is 1. The monoisotopic (exact) mass is 271 g/mol. The summed E-state index contributed by atoms with van der Waals surface area (Å²) in [6.45, 7) is 6.42. The van der Waals surface area contributed by atoms with Gasteiger partial charge in [0.15, 0.2) is 0 Å². The van der Waals surface area contributed by atoms with Gasteiger partial charge in [0.2, 0.25) is 0 Å². The van der Waals surface area contributed by atoms with Gasteiger partial charge < -0.3 is 14.5 Å². The van der Waals surface area contributed by atoms with E-state index >= 15 is 0 Å². The molecular formula is C16H21N3O. The largest absolute Gasteiger partial charge is 0.497 e. The zero-order valence-electron chi connectivity index (χ0n) is 12.4. The topological polar surface area (TPSA) is 28.6 Å².